The molecular formula is C27H29ClF2N4O3. The van der Waals surface area contributed by atoms with Crippen LogP contribution >= 0.6 is 11.6 Å². The van der Waals surface area contributed by atoms with Crippen molar-refractivity contribution in [2.75, 3.05) is 26.7 Å². The number of pyridine rings is 2. The Morgan fingerprint density at radius 1 is 1.30 bits per heavy atom. The molecule has 0 aliphatic carbocycles. The van der Waals surface area contributed by atoms with E-state index in [0.29, 0.717) is 35.9 Å². The van der Waals surface area contributed by atoms with E-state index >= 15 is 0 Å². The number of aromatic nitrogens is 2. The standard InChI is InChI=1S/C27H29ClF2N4O3/c1-37-25-11-10-24-27(33-25)21(22(28)14-32-24)8-7-20-6-5-19(15-34(20)16-26(35)36)31-12-2-3-17-13-18(29)4-9-23(17)30/h2-4,9-11,13-14,19-20,31H,5-8,12,15-16H2,1H3,(H,35,36)/b3-2+/t19-,20+/m1/s1. The Morgan fingerprint density at radius 3 is 2.92 bits per heavy atom. The predicted molar refractivity (Wildman–Crippen MR) is 139 cm³/mol. The van der Waals surface area contributed by atoms with Gasteiger partial charge in [-0.1, -0.05) is 23.8 Å². The molecule has 0 radical (unpaired) electrons. The van der Waals surface area contributed by atoms with E-state index in [1.165, 1.54) is 6.08 Å². The lowest BCUT2D eigenvalue weighted by molar-refractivity contribution is -0.139. The van der Waals surface area contributed by atoms with Crippen LogP contribution in [0.5, 0.6) is 5.88 Å². The number of methoxy groups -OCH3 is 1. The van der Waals surface area contributed by atoms with E-state index in [9.17, 15) is 18.7 Å². The van der Waals surface area contributed by atoms with E-state index in [2.05, 4.69) is 15.3 Å². The fraction of sp³-hybridized carbons (Fsp3) is 0.370. The molecule has 0 unspecified atom stereocenters. The third-order valence-corrected chi connectivity index (χ3v) is 6.94. The zero-order valence-electron chi connectivity index (χ0n) is 20.5. The van der Waals surface area contributed by atoms with Crippen LogP contribution in [0.1, 0.15) is 30.4 Å². The topological polar surface area (TPSA) is 87.6 Å². The normalized spacial score (nSPS) is 18.5. The SMILES string of the molecule is COc1ccc2ncc(Cl)c(CC[C@@H]3CC[C@@H](NC/C=C/c4cc(F)ccc4F)CN3CC(=O)O)c2n1. The number of carbonyl (C=O) groups is 1. The molecule has 0 saturated carbocycles. The minimum absolute atomic E-state index is 0.0654. The number of aliphatic carboxylic acids is 1. The summed E-state index contributed by atoms with van der Waals surface area (Å²) in [6, 6.07) is 7.06. The third kappa shape index (κ3) is 7.00. The number of benzene rings is 1. The third-order valence-electron chi connectivity index (χ3n) is 6.61. The van der Waals surface area contributed by atoms with Crippen molar-refractivity contribution in [1.29, 1.82) is 0 Å². The summed E-state index contributed by atoms with van der Waals surface area (Å²) < 4.78 is 32.4. The Balaban J connectivity index is 1.38. The number of halogens is 3. The van der Waals surface area contributed by atoms with E-state index in [4.69, 9.17) is 16.3 Å². The number of likely N-dealkylation sites (tertiary alicyclic amines) is 1. The molecule has 0 spiro atoms. The zero-order chi connectivity index (χ0) is 26.4. The maximum atomic E-state index is 13.8. The number of hydrogen-bond donors (Lipinski definition) is 2. The van der Waals surface area contributed by atoms with Crippen molar-refractivity contribution >= 4 is 34.7 Å². The number of ether oxygens (including phenoxy) is 1. The van der Waals surface area contributed by atoms with Crippen LogP contribution in [0.4, 0.5) is 8.78 Å². The molecule has 1 aromatic carbocycles. The molecule has 196 valence electrons. The average Bonchev–Trinajstić information content (AvgIpc) is 2.88. The van der Waals surface area contributed by atoms with Gasteiger partial charge in [-0.25, -0.2) is 13.8 Å². The molecule has 10 heteroatoms. The van der Waals surface area contributed by atoms with Crippen molar-refractivity contribution in [2.24, 2.45) is 0 Å². The van der Waals surface area contributed by atoms with Gasteiger partial charge in [0.25, 0.3) is 0 Å². The highest BCUT2D eigenvalue weighted by Crippen LogP contribution is 2.29. The first-order valence-corrected chi connectivity index (χ1v) is 12.5. The number of carboxylic acids is 1. The summed E-state index contributed by atoms with van der Waals surface area (Å²) in [5.74, 6) is -1.38. The fourth-order valence-corrected chi connectivity index (χ4v) is 5.00. The van der Waals surface area contributed by atoms with E-state index in [-0.39, 0.29) is 24.2 Å². The molecule has 1 fully saturated rings. The van der Waals surface area contributed by atoms with Crippen molar-refractivity contribution in [3.63, 3.8) is 0 Å². The minimum atomic E-state index is -0.883. The lowest BCUT2D eigenvalue weighted by atomic mass is 9.93. The Labute approximate surface area is 219 Å². The lowest BCUT2D eigenvalue weighted by Gasteiger charge is -2.39. The molecule has 2 atom stereocenters. The molecule has 3 heterocycles. The molecule has 3 aromatic rings. The van der Waals surface area contributed by atoms with Crippen molar-refractivity contribution in [3.05, 3.63) is 70.4 Å². The number of carboxylic acid groups (broad SMARTS) is 1. The molecule has 0 bridgehead atoms. The molecule has 4 rings (SSSR count). The highest BCUT2D eigenvalue weighted by atomic mass is 35.5. The van der Waals surface area contributed by atoms with Crippen LogP contribution in [-0.2, 0) is 11.2 Å². The summed E-state index contributed by atoms with van der Waals surface area (Å²) in [5, 5.41) is 13.4. The first-order chi connectivity index (χ1) is 17.8. The monoisotopic (exact) mass is 530 g/mol. The molecule has 37 heavy (non-hydrogen) atoms. The maximum Gasteiger partial charge on any atom is 0.317 e. The van der Waals surface area contributed by atoms with Gasteiger partial charge in [0.05, 0.1) is 29.7 Å². The molecule has 7 nitrogen and oxygen atoms in total. The number of aryl methyl sites for hydroxylation is 1. The van der Waals surface area contributed by atoms with E-state index < -0.39 is 17.6 Å². The van der Waals surface area contributed by atoms with Gasteiger partial charge >= 0.3 is 5.97 Å². The second-order valence-corrected chi connectivity index (χ2v) is 9.48. The summed E-state index contributed by atoms with van der Waals surface area (Å²) in [4.78, 5) is 22.4. The Hall–Kier alpha value is -3.14. The predicted octanol–water partition coefficient (Wildman–Crippen LogP) is 4.72. The quantitative estimate of drug-likeness (QED) is 0.392. The minimum Gasteiger partial charge on any atom is -0.481 e. The first kappa shape index (κ1) is 26.9. The van der Waals surface area contributed by atoms with E-state index in [0.717, 1.165) is 48.5 Å². The van der Waals surface area contributed by atoms with Crippen molar-refractivity contribution < 1.29 is 23.4 Å². The van der Waals surface area contributed by atoms with E-state index in [1.807, 2.05) is 11.0 Å². The lowest BCUT2D eigenvalue weighted by Crippen LogP contribution is -2.52. The number of piperidine rings is 1. The van der Waals surface area contributed by atoms with Crippen molar-refractivity contribution in [3.8, 4) is 5.88 Å². The van der Waals surface area contributed by atoms with Gasteiger partial charge in [-0.2, -0.15) is 0 Å². The van der Waals surface area contributed by atoms with Crippen LogP contribution in [0, 0.1) is 11.6 Å². The summed E-state index contributed by atoms with van der Waals surface area (Å²) in [6.45, 7) is 0.957. The number of nitrogens with one attached hydrogen (secondary N) is 1. The molecule has 2 N–H and O–H groups in total. The largest absolute Gasteiger partial charge is 0.481 e. The first-order valence-electron chi connectivity index (χ1n) is 12.1. The summed E-state index contributed by atoms with van der Waals surface area (Å²) in [6.07, 6.45) is 7.91. The second-order valence-electron chi connectivity index (χ2n) is 9.07. The summed E-state index contributed by atoms with van der Waals surface area (Å²) >= 11 is 6.48. The van der Waals surface area contributed by atoms with Gasteiger partial charge in [-0.3, -0.25) is 14.7 Å². The highest BCUT2D eigenvalue weighted by molar-refractivity contribution is 6.32. The van der Waals surface area contributed by atoms with Gasteiger partial charge in [0.15, 0.2) is 0 Å². The van der Waals surface area contributed by atoms with E-state index in [1.54, 1.807) is 25.4 Å². The summed E-state index contributed by atoms with van der Waals surface area (Å²) in [7, 11) is 1.55. The number of rotatable bonds is 10. The Bertz CT molecular complexity index is 1290. The van der Waals surface area contributed by atoms with Crippen LogP contribution in [0.3, 0.4) is 0 Å². The summed E-state index contributed by atoms with van der Waals surface area (Å²) in [5.41, 5.74) is 2.47. The maximum absolute atomic E-state index is 13.8. The van der Waals surface area contributed by atoms with Crippen LogP contribution < -0.4 is 10.1 Å². The Morgan fingerprint density at radius 2 is 2.14 bits per heavy atom. The van der Waals surface area contributed by atoms with Gasteiger partial charge in [0, 0.05) is 48.6 Å². The number of fused-ring (bicyclic) bond motifs is 1. The van der Waals surface area contributed by atoms with Gasteiger partial charge in [-0.05, 0) is 49.9 Å². The number of hydrogen-bond acceptors (Lipinski definition) is 6. The van der Waals surface area contributed by atoms with Crippen LogP contribution in [0.25, 0.3) is 17.1 Å². The van der Waals surface area contributed by atoms with Gasteiger partial charge < -0.3 is 15.2 Å². The highest BCUT2D eigenvalue weighted by Gasteiger charge is 2.29. The molecular weight excluding hydrogens is 502 g/mol. The van der Waals surface area contributed by atoms with Crippen LogP contribution in [0.2, 0.25) is 5.02 Å². The zero-order valence-corrected chi connectivity index (χ0v) is 21.2. The van der Waals surface area contributed by atoms with Crippen molar-refractivity contribution in [2.45, 2.75) is 37.8 Å². The van der Waals surface area contributed by atoms with Gasteiger partial charge in [-0.15, -0.1) is 0 Å². The fourth-order valence-electron chi connectivity index (χ4n) is 4.76. The van der Waals surface area contributed by atoms with Gasteiger partial charge in [0.1, 0.15) is 11.6 Å². The molecule has 1 aliphatic heterocycles. The van der Waals surface area contributed by atoms with Crippen LogP contribution in [0.15, 0.2) is 42.6 Å². The van der Waals surface area contributed by atoms with Crippen molar-refractivity contribution in [1.82, 2.24) is 20.2 Å². The van der Waals surface area contributed by atoms with Gasteiger partial charge in [0.2, 0.25) is 5.88 Å². The van der Waals surface area contributed by atoms with Crippen LogP contribution in [-0.4, -0.2) is 64.8 Å². The average molecular weight is 531 g/mol. The molecule has 0 amide bonds. The second kappa shape index (κ2) is 12.4. The smallest absolute Gasteiger partial charge is 0.317 e. The molecule has 1 aliphatic rings. The Kier molecular flexibility index (Phi) is 9.02. The molecule has 1 saturated heterocycles. The molecule has 2 aromatic heterocycles. The number of nitrogens with zero attached hydrogens (tertiary/aromatic N) is 3.